The molecule has 1 aliphatic heterocycles. The molecule has 1 aliphatic rings. The van der Waals surface area contributed by atoms with Gasteiger partial charge in [0.2, 0.25) is 0 Å². The number of carbonyl (C=O) groups excluding carboxylic acids is 1. The van der Waals surface area contributed by atoms with Crippen molar-refractivity contribution in [1.29, 1.82) is 0 Å². The van der Waals surface area contributed by atoms with E-state index in [1.165, 1.54) is 5.56 Å². The van der Waals surface area contributed by atoms with Crippen LogP contribution in [0.1, 0.15) is 17.3 Å². The maximum Gasteiger partial charge on any atom is 0.252 e. The van der Waals surface area contributed by atoms with Crippen LogP contribution in [0.3, 0.4) is 0 Å². The summed E-state index contributed by atoms with van der Waals surface area (Å²) in [6.07, 6.45) is 2.18. The Morgan fingerprint density at radius 1 is 1.25 bits per heavy atom. The van der Waals surface area contributed by atoms with Crippen molar-refractivity contribution < 1.29 is 9.53 Å². The Bertz CT molecular complexity index is 568. The molecule has 0 bridgehead atoms. The zero-order valence-electron chi connectivity index (χ0n) is 11.0. The van der Waals surface area contributed by atoms with E-state index in [0.717, 1.165) is 12.1 Å². The second-order valence-electron chi connectivity index (χ2n) is 4.83. The predicted octanol–water partition coefficient (Wildman–Crippen LogP) is 1.88. The van der Waals surface area contributed by atoms with E-state index in [2.05, 4.69) is 22.4 Å². The van der Waals surface area contributed by atoms with Gasteiger partial charge in [0.25, 0.3) is 5.91 Å². The monoisotopic (exact) mass is 268 g/mol. The third kappa shape index (κ3) is 3.22. The van der Waals surface area contributed by atoms with Crippen molar-refractivity contribution in [2.45, 2.75) is 18.6 Å². The number of rotatable bonds is 5. The number of aromatic nitrogens is 1. The summed E-state index contributed by atoms with van der Waals surface area (Å²) in [6, 6.07) is 15.7. The standard InChI is InChI=1S/C16H16N2O2/c19-16(15-11-20-15)18-14(13-8-4-5-9-17-13)10-12-6-2-1-3-7-12/h1-9,14-15H,10-11H2,(H,18,19). The van der Waals surface area contributed by atoms with Gasteiger partial charge in [0.15, 0.2) is 6.10 Å². The van der Waals surface area contributed by atoms with E-state index in [9.17, 15) is 4.79 Å². The quantitative estimate of drug-likeness (QED) is 0.842. The Labute approximate surface area is 117 Å². The first kappa shape index (κ1) is 12.8. The van der Waals surface area contributed by atoms with Crippen molar-refractivity contribution >= 4 is 5.91 Å². The molecule has 4 nitrogen and oxygen atoms in total. The second kappa shape index (κ2) is 5.84. The fraction of sp³-hybridized carbons (Fsp3) is 0.250. The summed E-state index contributed by atoms with van der Waals surface area (Å²) in [5.41, 5.74) is 2.03. The molecule has 2 atom stereocenters. The van der Waals surface area contributed by atoms with Crippen LogP contribution in [0.25, 0.3) is 0 Å². The van der Waals surface area contributed by atoms with Gasteiger partial charge in [-0.15, -0.1) is 0 Å². The smallest absolute Gasteiger partial charge is 0.252 e. The predicted molar refractivity (Wildman–Crippen MR) is 75.0 cm³/mol. The molecule has 2 aromatic rings. The normalized spacial score (nSPS) is 18.3. The van der Waals surface area contributed by atoms with Gasteiger partial charge in [0.1, 0.15) is 0 Å². The van der Waals surface area contributed by atoms with Crippen LogP contribution in [0.5, 0.6) is 0 Å². The van der Waals surface area contributed by atoms with E-state index in [1.54, 1.807) is 6.20 Å². The lowest BCUT2D eigenvalue weighted by Crippen LogP contribution is -2.33. The first-order chi connectivity index (χ1) is 9.83. The second-order valence-corrected chi connectivity index (χ2v) is 4.83. The van der Waals surface area contributed by atoms with Crippen LogP contribution in [0.2, 0.25) is 0 Å². The molecule has 0 aliphatic carbocycles. The summed E-state index contributed by atoms with van der Waals surface area (Å²) in [6.45, 7) is 0.520. The molecular weight excluding hydrogens is 252 g/mol. The third-order valence-corrected chi connectivity index (χ3v) is 3.27. The lowest BCUT2D eigenvalue weighted by Gasteiger charge is -2.18. The highest BCUT2D eigenvalue weighted by atomic mass is 16.6. The van der Waals surface area contributed by atoms with Crippen molar-refractivity contribution in [3.63, 3.8) is 0 Å². The summed E-state index contributed by atoms with van der Waals surface area (Å²) in [5, 5.41) is 3.02. The number of benzene rings is 1. The lowest BCUT2D eigenvalue weighted by molar-refractivity contribution is -0.123. The Morgan fingerprint density at radius 2 is 2.00 bits per heavy atom. The van der Waals surface area contributed by atoms with E-state index in [4.69, 9.17) is 4.74 Å². The fourth-order valence-electron chi connectivity index (χ4n) is 2.13. The van der Waals surface area contributed by atoms with Gasteiger partial charge in [0.05, 0.1) is 18.3 Å². The number of epoxide rings is 1. The highest BCUT2D eigenvalue weighted by Gasteiger charge is 2.33. The van der Waals surface area contributed by atoms with E-state index in [-0.39, 0.29) is 18.1 Å². The zero-order chi connectivity index (χ0) is 13.8. The number of hydrogen-bond donors (Lipinski definition) is 1. The molecule has 1 fully saturated rings. The van der Waals surface area contributed by atoms with Gasteiger partial charge in [-0.3, -0.25) is 9.78 Å². The van der Waals surface area contributed by atoms with Crippen LogP contribution < -0.4 is 5.32 Å². The van der Waals surface area contributed by atoms with Gasteiger partial charge < -0.3 is 10.1 Å². The van der Waals surface area contributed by atoms with Crippen molar-refractivity contribution in [1.82, 2.24) is 10.3 Å². The van der Waals surface area contributed by atoms with E-state index in [0.29, 0.717) is 6.61 Å². The van der Waals surface area contributed by atoms with Crippen molar-refractivity contribution in [2.24, 2.45) is 0 Å². The zero-order valence-corrected chi connectivity index (χ0v) is 11.0. The molecule has 1 aromatic carbocycles. The van der Waals surface area contributed by atoms with Crippen LogP contribution >= 0.6 is 0 Å². The van der Waals surface area contributed by atoms with Crippen LogP contribution in [0.4, 0.5) is 0 Å². The molecule has 2 unspecified atom stereocenters. The van der Waals surface area contributed by atoms with E-state index < -0.39 is 0 Å². The number of nitrogens with one attached hydrogen (secondary N) is 1. The molecule has 4 heteroatoms. The average Bonchev–Trinajstić information content (AvgIpc) is 3.33. The van der Waals surface area contributed by atoms with Crippen LogP contribution in [-0.4, -0.2) is 23.6 Å². The fourth-order valence-corrected chi connectivity index (χ4v) is 2.13. The molecular formula is C16H16N2O2. The SMILES string of the molecule is O=C(NC(Cc1ccccc1)c1ccccn1)C1CO1. The Kier molecular flexibility index (Phi) is 3.74. The number of nitrogens with zero attached hydrogens (tertiary/aromatic N) is 1. The highest BCUT2D eigenvalue weighted by molar-refractivity contribution is 5.83. The Morgan fingerprint density at radius 3 is 2.65 bits per heavy atom. The van der Waals surface area contributed by atoms with Crippen LogP contribution in [-0.2, 0) is 16.0 Å². The minimum absolute atomic E-state index is 0.0587. The van der Waals surface area contributed by atoms with Crippen molar-refractivity contribution in [3.8, 4) is 0 Å². The topological polar surface area (TPSA) is 54.5 Å². The van der Waals surface area contributed by atoms with E-state index in [1.807, 2.05) is 36.4 Å². The Hall–Kier alpha value is -2.20. The number of carbonyl (C=O) groups is 1. The molecule has 0 spiro atoms. The Balaban J connectivity index is 1.77. The first-order valence-corrected chi connectivity index (χ1v) is 6.70. The van der Waals surface area contributed by atoms with E-state index >= 15 is 0 Å². The first-order valence-electron chi connectivity index (χ1n) is 6.70. The van der Waals surface area contributed by atoms with Gasteiger partial charge in [-0.2, -0.15) is 0 Å². The largest absolute Gasteiger partial charge is 0.363 e. The number of ether oxygens (including phenoxy) is 1. The van der Waals surface area contributed by atoms with Crippen molar-refractivity contribution in [3.05, 3.63) is 66.0 Å². The maximum absolute atomic E-state index is 11.9. The van der Waals surface area contributed by atoms with Gasteiger partial charge in [0, 0.05) is 6.20 Å². The van der Waals surface area contributed by atoms with Crippen molar-refractivity contribution in [2.75, 3.05) is 6.61 Å². The lowest BCUT2D eigenvalue weighted by atomic mass is 10.0. The molecule has 102 valence electrons. The van der Waals surface area contributed by atoms with Crippen LogP contribution in [0.15, 0.2) is 54.7 Å². The molecule has 1 amide bonds. The number of pyridine rings is 1. The third-order valence-electron chi connectivity index (χ3n) is 3.27. The molecule has 3 rings (SSSR count). The minimum Gasteiger partial charge on any atom is -0.363 e. The number of hydrogen-bond acceptors (Lipinski definition) is 3. The number of amides is 1. The molecule has 1 N–H and O–H groups in total. The van der Waals surface area contributed by atoms with Gasteiger partial charge in [-0.05, 0) is 24.1 Å². The average molecular weight is 268 g/mol. The van der Waals surface area contributed by atoms with Crippen LogP contribution in [0, 0.1) is 0 Å². The maximum atomic E-state index is 11.9. The molecule has 1 aromatic heterocycles. The molecule has 20 heavy (non-hydrogen) atoms. The summed E-state index contributed by atoms with van der Waals surface area (Å²) >= 11 is 0. The molecule has 0 saturated carbocycles. The van der Waals surface area contributed by atoms with Gasteiger partial charge in [-0.25, -0.2) is 0 Å². The minimum atomic E-state index is -0.281. The summed E-state index contributed by atoms with van der Waals surface area (Å²) in [7, 11) is 0. The van der Waals surface area contributed by atoms with Gasteiger partial charge >= 0.3 is 0 Å². The highest BCUT2D eigenvalue weighted by Crippen LogP contribution is 2.18. The van der Waals surface area contributed by atoms with Gasteiger partial charge in [-0.1, -0.05) is 36.4 Å². The summed E-state index contributed by atoms with van der Waals surface area (Å²) in [4.78, 5) is 16.3. The molecule has 2 heterocycles. The summed E-state index contributed by atoms with van der Waals surface area (Å²) in [5.74, 6) is -0.0587. The molecule has 0 radical (unpaired) electrons. The molecule has 1 saturated heterocycles. The summed E-state index contributed by atoms with van der Waals surface area (Å²) < 4.78 is 5.02.